The molecule has 100 valence electrons. The molecular weight excluding hydrogens is 252 g/mol. The second-order valence-corrected chi connectivity index (χ2v) is 6.58. The molecule has 1 N–H and O–H groups in total. The first-order chi connectivity index (χ1) is 8.55. The van der Waals surface area contributed by atoms with Crippen LogP contribution in [0.25, 0.3) is 0 Å². The quantitative estimate of drug-likeness (QED) is 0.893. The summed E-state index contributed by atoms with van der Waals surface area (Å²) in [5, 5.41) is 3.36. The molecule has 2 heterocycles. The van der Waals surface area contributed by atoms with Gasteiger partial charge in [0.1, 0.15) is 0 Å². The van der Waals surface area contributed by atoms with Crippen molar-refractivity contribution in [2.24, 2.45) is 5.92 Å². The van der Waals surface area contributed by atoms with E-state index in [1.807, 2.05) is 0 Å². The first-order valence-corrected chi connectivity index (χ1v) is 7.92. The zero-order chi connectivity index (χ0) is 13.0. The Balaban J connectivity index is 1.90. The molecular formula is C12H18N2O3S. The highest BCUT2D eigenvalue weighted by molar-refractivity contribution is 7.90. The van der Waals surface area contributed by atoms with E-state index in [1.54, 1.807) is 12.3 Å². The molecule has 18 heavy (non-hydrogen) atoms. The fourth-order valence-corrected chi connectivity index (χ4v) is 2.49. The molecule has 0 amide bonds. The lowest BCUT2D eigenvalue weighted by molar-refractivity contribution is 0.0595. The molecule has 1 aliphatic heterocycles. The summed E-state index contributed by atoms with van der Waals surface area (Å²) in [6.45, 7) is 2.49. The third-order valence-corrected chi connectivity index (χ3v) is 3.97. The van der Waals surface area contributed by atoms with E-state index in [1.165, 1.54) is 12.5 Å². The average Bonchev–Trinajstić information content (AvgIpc) is 2.37. The van der Waals surface area contributed by atoms with Crippen molar-refractivity contribution < 1.29 is 13.2 Å². The van der Waals surface area contributed by atoms with E-state index in [0.29, 0.717) is 5.92 Å². The van der Waals surface area contributed by atoms with Gasteiger partial charge in [-0.15, -0.1) is 0 Å². The van der Waals surface area contributed by atoms with E-state index in [-0.39, 0.29) is 5.03 Å². The number of anilines is 1. The minimum atomic E-state index is -3.21. The van der Waals surface area contributed by atoms with E-state index in [2.05, 4.69) is 10.3 Å². The van der Waals surface area contributed by atoms with E-state index in [4.69, 9.17) is 4.74 Å². The summed E-state index contributed by atoms with van der Waals surface area (Å²) >= 11 is 0. The summed E-state index contributed by atoms with van der Waals surface area (Å²) in [6.07, 6.45) is 4.99. The Kier molecular flexibility index (Phi) is 4.19. The first kappa shape index (κ1) is 13.3. The van der Waals surface area contributed by atoms with Gasteiger partial charge in [0.25, 0.3) is 0 Å². The van der Waals surface area contributed by atoms with Crippen LogP contribution < -0.4 is 5.32 Å². The number of ether oxygens (including phenoxy) is 1. The molecule has 6 heteroatoms. The standard InChI is InChI=1S/C12H18N2O3S/c1-18(15,16)12-5-4-11(8-14-12)13-7-10-3-2-6-17-9-10/h4-5,8,10,13H,2-3,6-7,9H2,1H3. The SMILES string of the molecule is CS(=O)(=O)c1ccc(NCC2CCCOC2)cn1. The third-order valence-electron chi connectivity index (χ3n) is 2.97. The largest absolute Gasteiger partial charge is 0.383 e. The minimum absolute atomic E-state index is 0.106. The van der Waals surface area contributed by atoms with E-state index < -0.39 is 9.84 Å². The molecule has 0 spiro atoms. The highest BCUT2D eigenvalue weighted by Gasteiger charge is 2.13. The number of hydrogen-bond donors (Lipinski definition) is 1. The summed E-state index contributed by atoms with van der Waals surface area (Å²) in [4.78, 5) is 3.93. The van der Waals surface area contributed by atoms with Gasteiger partial charge in [-0.2, -0.15) is 0 Å². The molecule has 0 aromatic carbocycles. The molecule has 0 bridgehead atoms. The van der Waals surface area contributed by atoms with Crippen LogP contribution in [0.4, 0.5) is 5.69 Å². The molecule has 2 rings (SSSR count). The van der Waals surface area contributed by atoms with Gasteiger partial charge in [-0.05, 0) is 30.9 Å². The van der Waals surface area contributed by atoms with Crippen molar-refractivity contribution in [2.75, 3.05) is 31.3 Å². The Morgan fingerprint density at radius 1 is 1.50 bits per heavy atom. The Labute approximate surface area is 107 Å². The third kappa shape index (κ3) is 3.68. The van der Waals surface area contributed by atoms with Gasteiger partial charge in [-0.25, -0.2) is 13.4 Å². The lowest BCUT2D eigenvalue weighted by atomic mass is 10.0. The topological polar surface area (TPSA) is 68.3 Å². The van der Waals surface area contributed by atoms with E-state index >= 15 is 0 Å². The van der Waals surface area contributed by atoms with Gasteiger partial charge in [0, 0.05) is 19.4 Å². The summed E-state index contributed by atoms with van der Waals surface area (Å²) < 4.78 is 27.9. The first-order valence-electron chi connectivity index (χ1n) is 6.03. The van der Waals surface area contributed by atoms with Crippen molar-refractivity contribution in [1.82, 2.24) is 4.98 Å². The number of pyridine rings is 1. The summed E-state index contributed by atoms with van der Waals surface area (Å²) in [5.74, 6) is 0.522. The Morgan fingerprint density at radius 3 is 2.89 bits per heavy atom. The Hall–Kier alpha value is -1.14. The van der Waals surface area contributed by atoms with Crippen LogP contribution in [0.15, 0.2) is 23.4 Å². The maximum Gasteiger partial charge on any atom is 0.192 e. The predicted molar refractivity (Wildman–Crippen MR) is 69.4 cm³/mol. The van der Waals surface area contributed by atoms with Crippen LogP contribution in [0, 0.1) is 5.92 Å². The lowest BCUT2D eigenvalue weighted by Gasteiger charge is -2.22. The number of nitrogens with zero attached hydrogens (tertiary/aromatic N) is 1. The van der Waals surface area contributed by atoms with Gasteiger partial charge in [0.2, 0.25) is 0 Å². The van der Waals surface area contributed by atoms with Crippen molar-refractivity contribution >= 4 is 15.5 Å². The average molecular weight is 270 g/mol. The highest BCUT2D eigenvalue weighted by Crippen LogP contribution is 2.15. The summed E-state index contributed by atoms with van der Waals surface area (Å²) in [5.41, 5.74) is 0.841. The zero-order valence-electron chi connectivity index (χ0n) is 10.4. The molecule has 1 aromatic rings. The summed E-state index contributed by atoms with van der Waals surface area (Å²) in [7, 11) is -3.21. The van der Waals surface area contributed by atoms with Crippen LogP contribution in [0.2, 0.25) is 0 Å². The van der Waals surface area contributed by atoms with Crippen molar-refractivity contribution in [1.29, 1.82) is 0 Å². The summed E-state index contributed by atoms with van der Waals surface area (Å²) in [6, 6.07) is 3.27. The molecule has 1 fully saturated rings. The number of aromatic nitrogens is 1. The maximum absolute atomic E-state index is 11.2. The monoisotopic (exact) mass is 270 g/mol. The number of hydrogen-bond acceptors (Lipinski definition) is 5. The van der Waals surface area contributed by atoms with Gasteiger partial charge in [0.15, 0.2) is 14.9 Å². The molecule has 1 aliphatic rings. The highest BCUT2D eigenvalue weighted by atomic mass is 32.2. The van der Waals surface area contributed by atoms with Crippen LogP contribution in [0.3, 0.4) is 0 Å². The Morgan fingerprint density at radius 2 is 2.33 bits per heavy atom. The number of nitrogens with one attached hydrogen (secondary N) is 1. The zero-order valence-corrected chi connectivity index (χ0v) is 11.2. The van der Waals surface area contributed by atoms with Crippen molar-refractivity contribution in [3.05, 3.63) is 18.3 Å². The maximum atomic E-state index is 11.2. The van der Waals surface area contributed by atoms with Crippen molar-refractivity contribution in [3.8, 4) is 0 Å². The van der Waals surface area contributed by atoms with Crippen LogP contribution in [-0.2, 0) is 14.6 Å². The normalized spacial score (nSPS) is 20.6. The molecule has 0 radical (unpaired) electrons. The second-order valence-electron chi connectivity index (χ2n) is 4.62. The van der Waals surface area contributed by atoms with Gasteiger partial charge in [0.05, 0.1) is 18.5 Å². The smallest absolute Gasteiger partial charge is 0.192 e. The molecule has 0 aliphatic carbocycles. The predicted octanol–water partition coefficient (Wildman–Crippen LogP) is 1.32. The molecule has 0 saturated carbocycles. The number of rotatable bonds is 4. The van der Waals surface area contributed by atoms with E-state index in [9.17, 15) is 8.42 Å². The van der Waals surface area contributed by atoms with E-state index in [0.717, 1.165) is 38.1 Å². The van der Waals surface area contributed by atoms with Crippen molar-refractivity contribution in [3.63, 3.8) is 0 Å². The fraction of sp³-hybridized carbons (Fsp3) is 0.583. The molecule has 1 aromatic heterocycles. The van der Waals surface area contributed by atoms with Crippen LogP contribution in [0.1, 0.15) is 12.8 Å². The fourth-order valence-electron chi connectivity index (χ4n) is 1.93. The van der Waals surface area contributed by atoms with Gasteiger partial charge in [-0.1, -0.05) is 0 Å². The second kappa shape index (κ2) is 5.67. The molecule has 1 saturated heterocycles. The molecule has 1 atom stereocenters. The molecule has 5 nitrogen and oxygen atoms in total. The van der Waals surface area contributed by atoms with Gasteiger partial charge >= 0.3 is 0 Å². The minimum Gasteiger partial charge on any atom is -0.383 e. The van der Waals surface area contributed by atoms with Crippen LogP contribution in [0.5, 0.6) is 0 Å². The van der Waals surface area contributed by atoms with Gasteiger partial charge < -0.3 is 10.1 Å². The number of sulfone groups is 1. The van der Waals surface area contributed by atoms with Crippen LogP contribution >= 0.6 is 0 Å². The molecule has 1 unspecified atom stereocenters. The lowest BCUT2D eigenvalue weighted by Crippen LogP contribution is -2.24. The van der Waals surface area contributed by atoms with Crippen LogP contribution in [-0.4, -0.2) is 39.4 Å². The Bertz CT molecular complexity index is 479. The van der Waals surface area contributed by atoms with Crippen molar-refractivity contribution in [2.45, 2.75) is 17.9 Å². The van der Waals surface area contributed by atoms with Gasteiger partial charge in [-0.3, -0.25) is 0 Å².